The van der Waals surface area contributed by atoms with Crippen molar-refractivity contribution in [2.24, 2.45) is 45.8 Å². The molecule has 0 amide bonds. The number of hydrogen-bond acceptors (Lipinski definition) is 10. The summed E-state index contributed by atoms with van der Waals surface area (Å²) in [5.41, 5.74) is -0.617. The molecular formula is C35H41NO9. The monoisotopic (exact) mass is 619 g/mol. The van der Waals surface area contributed by atoms with Gasteiger partial charge in [-0.2, -0.15) is 0 Å². The van der Waals surface area contributed by atoms with Crippen molar-refractivity contribution in [2.75, 3.05) is 6.54 Å². The number of esters is 4. The molecule has 10 rings (SSSR count). The molecule has 15 atom stereocenters. The lowest BCUT2D eigenvalue weighted by molar-refractivity contribution is -0.282. The minimum atomic E-state index is -1.10. The summed E-state index contributed by atoms with van der Waals surface area (Å²) in [7, 11) is 0. The molecule has 3 heterocycles. The normalized spacial score (nSPS) is 48.8. The molecule has 1 N–H and O–H groups in total. The number of benzene rings is 1. The van der Waals surface area contributed by atoms with E-state index in [2.05, 4.69) is 18.4 Å². The molecule has 10 nitrogen and oxygen atoms in total. The van der Waals surface area contributed by atoms with Gasteiger partial charge in [0.2, 0.25) is 0 Å². The van der Waals surface area contributed by atoms with E-state index in [4.69, 9.17) is 18.9 Å². The summed E-state index contributed by atoms with van der Waals surface area (Å²) in [6.07, 6.45) is -3.04. The molecule has 240 valence electrons. The topological polar surface area (TPSA) is 129 Å². The molecule has 6 saturated carbocycles. The number of rotatable bonds is 6. The van der Waals surface area contributed by atoms with Crippen molar-refractivity contribution < 1.29 is 43.2 Å². The molecule has 45 heavy (non-hydrogen) atoms. The van der Waals surface area contributed by atoms with Gasteiger partial charge in [-0.3, -0.25) is 19.3 Å². The quantitative estimate of drug-likeness (QED) is 0.288. The van der Waals surface area contributed by atoms with Crippen molar-refractivity contribution in [1.29, 1.82) is 0 Å². The largest absolute Gasteiger partial charge is 0.461 e. The second-order valence-corrected chi connectivity index (χ2v) is 15.3. The molecule has 9 aliphatic rings. The van der Waals surface area contributed by atoms with E-state index in [9.17, 15) is 24.3 Å². The number of carbonyl (C=O) groups is 4. The fourth-order valence-electron chi connectivity index (χ4n) is 12.4. The van der Waals surface area contributed by atoms with Crippen LogP contribution in [0.5, 0.6) is 0 Å². The van der Waals surface area contributed by atoms with Crippen molar-refractivity contribution in [3.8, 4) is 0 Å². The highest BCUT2D eigenvalue weighted by Gasteiger charge is 2.94. The molecule has 0 radical (unpaired) electrons. The second-order valence-electron chi connectivity index (χ2n) is 15.3. The Morgan fingerprint density at radius 1 is 0.956 bits per heavy atom. The van der Waals surface area contributed by atoms with Crippen LogP contribution >= 0.6 is 0 Å². The smallest absolute Gasteiger partial charge is 0.338 e. The highest BCUT2D eigenvalue weighted by atomic mass is 16.6. The molecular weight excluding hydrogens is 578 g/mol. The SMILES string of the molecule is C=C1C[C@]23C[C@H]4[C@@H]5[C@@]6(C)CN4[C@@H]4[C@H]2C(OC(=O)c2ccccc2)[C@H]1[C@@H](OC(C)=O)[C@H]3[C@]54[C@H](OC(C)=O)[C@@H](OC(=O)C(C)C)[C@H]6O. The molecule has 3 saturated heterocycles. The second kappa shape index (κ2) is 9.18. The summed E-state index contributed by atoms with van der Waals surface area (Å²) in [5, 5.41) is 12.1. The Kier molecular flexibility index (Phi) is 5.96. The molecule has 9 fully saturated rings. The summed E-state index contributed by atoms with van der Waals surface area (Å²) in [6, 6.07) is 8.73. The van der Waals surface area contributed by atoms with Crippen molar-refractivity contribution in [3.63, 3.8) is 0 Å². The first-order valence-corrected chi connectivity index (χ1v) is 16.2. The Labute approximate surface area is 262 Å². The van der Waals surface area contributed by atoms with Gasteiger partial charge in [0.05, 0.1) is 17.4 Å². The number of aliphatic hydroxyl groups excluding tert-OH is 1. The first-order chi connectivity index (χ1) is 21.3. The number of piperidine rings is 2. The standard InChI is InChI=1S/C35H41NO9/c1-15(2)31(40)45-25-29(39)33(6)14-36-20-13-34-12-16(3)21-23(44-32(41)19-10-8-7-9-11-19)22(34)28(36)35(26(20)33,30(25)43-18(5)38)27(34)24(21)42-17(4)37/h7-11,15,20-30,39H,3,12-14H2,1-2,4-6H3/t20-,21-,22+,23?,24+,25-,26+,27+,28+,29+,30+,33+,34-,35+/m0/s1. The van der Waals surface area contributed by atoms with Gasteiger partial charge >= 0.3 is 23.9 Å². The third-order valence-corrected chi connectivity index (χ3v) is 13.0. The van der Waals surface area contributed by atoms with Crippen molar-refractivity contribution in [2.45, 2.75) is 90.1 Å². The number of fused-ring (bicyclic) bond motifs is 1. The van der Waals surface area contributed by atoms with Crippen LogP contribution in [0.15, 0.2) is 42.5 Å². The van der Waals surface area contributed by atoms with E-state index < -0.39 is 82.5 Å². The van der Waals surface area contributed by atoms with E-state index in [1.54, 1.807) is 38.1 Å². The summed E-state index contributed by atoms with van der Waals surface area (Å²) < 4.78 is 25.2. The highest BCUT2D eigenvalue weighted by molar-refractivity contribution is 5.89. The number of aliphatic hydroxyl groups is 1. The third kappa shape index (κ3) is 3.32. The first kappa shape index (κ1) is 29.2. The fourth-order valence-corrected chi connectivity index (χ4v) is 12.4. The molecule has 10 heteroatoms. The fraction of sp³-hybridized carbons (Fsp3) is 0.657. The van der Waals surface area contributed by atoms with Gasteiger partial charge in [-0.25, -0.2) is 4.79 Å². The van der Waals surface area contributed by atoms with E-state index in [0.717, 1.165) is 12.0 Å². The van der Waals surface area contributed by atoms with Gasteiger partial charge in [-0.05, 0) is 36.3 Å². The van der Waals surface area contributed by atoms with E-state index in [1.165, 1.54) is 13.8 Å². The Morgan fingerprint density at radius 2 is 1.64 bits per heavy atom. The minimum absolute atomic E-state index is 0.0767. The molecule has 1 aromatic rings. The molecule has 0 aromatic heterocycles. The van der Waals surface area contributed by atoms with Crippen LogP contribution in [0.2, 0.25) is 0 Å². The number of carbonyl (C=O) groups excluding carboxylic acids is 4. The number of ether oxygens (including phenoxy) is 4. The molecule has 9 bridgehead atoms. The summed E-state index contributed by atoms with van der Waals surface area (Å²) >= 11 is 0. The van der Waals surface area contributed by atoms with Crippen LogP contribution in [0.4, 0.5) is 0 Å². The van der Waals surface area contributed by atoms with Crippen molar-refractivity contribution in [3.05, 3.63) is 48.0 Å². The van der Waals surface area contributed by atoms with Crippen LogP contribution in [0.3, 0.4) is 0 Å². The van der Waals surface area contributed by atoms with Crippen LogP contribution in [0, 0.1) is 45.8 Å². The minimum Gasteiger partial charge on any atom is -0.461 e. The average molecular weight is 620 g/mol. The van der Waals surface area contributed by atoms with E-state index >= 15 is 0 Å². The Morgan fingerprint density at radius 3 is 2.29 bits per heavy atom. The lowest BCUT2D eigenvalue weighted by atomic mass is 9.38. The van der Waals surface area contributed by atoms with Crippen molar-refractivity contribution in [1.82, 2.24) is 4.90 Å². The average Bonchev–Trinajstić information content (AvgIpc) is 3.42. The number of nitrogens with zero attached hydrogens (tertiary/aromatic N) is 1. The van der Waals surface area contributed by atoms with E-state index in [1.807, 2.05) is 6.07 Å². The third-order valence-electron chi connectivity index (χ3n) is 13.0. The summed E-state index contributed by atoms with van der Waals surface area (Å²) in [6.45, 7) is 13.3. The Balaban J connectivity index is 1.34. The maximum Gasteiger partial charge on any atom is 0.338 e. The predicted octanol–water partition coefficient (Wildman–Crippen LogP) is 2.92. The van der Waals surface area contributed by atoms with Gasteiger partial charge in [-0.15, -0.1) is 0 Å². The maximum absolute atomic E-state index is 13.7. The van der Waals surface area contributed by atoms with Gasteiger partial charge in [-0.1, -0.05) is 51.1 Å². The van der Waals surface area contributed by atoms with Gasteiger partial charge in [0.25, 0.3) is 0 Å². The zero-order valence-electron chi connectivity index (χ0n) is 26.3. The zero-order valence-corrected chi connectivity index (χ0v) is 26.3. The van der Waals surface area contributed by atoms with Crippen LogP contribution in [0.1, 0.15) is 57.8 Å². The lowest BCUT2D eigenvalue weighted by Crippen LogP contribution is -2.75. The molecule has 1 aromatic carbocycles. The summed E-state index contributed by atoms with van der Waals surface area (Å²) in [5.74, 6) is -3.40. The van der Waals surface area contributed by atoms with Gasteiger partial charge < -0.3 is 24.1 Å². The lowest BCUT2D eigenvalue weighted by Gasteiger charge is -2.67. The summed E-state index contributed by atoms with van der Waals surface area (Å²) in [4.78, 5) is 55.1. The maximum atomic E-state index is 13.7. The van der Waals surface area contributed by atoms with Crippen LogP contribution in [-0.2, 0) is 33.3 Å². The van der Waals surface area contributed by atoms with E-state index in [-0.39, 0.29) is 29.8 Å². The van der Waals surface area contributed by atoms with Gasteiger partial charge in [0.1, 0.15) is 24.4 Å². The van der Waals surface area contributed by atoms with Gasteiger partial charge in [0.15, 0.2) is 6.10 Å². The van der Waals surface area contributed by atoms with Crippen molar-refractivity contribution >= 4 is 23.9 Å². The molecule has 3 aliphatic heterocycles. The number of hydrogen-bond donors (Lipinski definition) is 1. The molecule has 2 spiro atoms. The molecule has 6 aliphatic carbocycles. The zero-order chi connectivity index (χ0) is 32.0. The molecule has 2 unspecified atom stereocenters. The van der Waals surface area contributed by atoms with Crippen LogP contribution < -0.4 is 0 Å². The van der Waals surface area contributed by atoms with Crippen LogP contribution in [-0.4, -0.2) is 83.0 Å². The predicted molar refractivity (Wildman–Crippen MR) is 157 cm³/mol. The van der Waals surface area contributed by atoms with Crippen LogP contribution in [0.25, 0.3) is 0 Å². The first-order valence-electron chi connectivity index (χ1n) is 16.2. The highest BCUT2D eigenvalue weighted by Crippen LogP contribution is 2.87. The Bertz CT molecular complexity index is 1530. The Hall–Kier alpha value is -3.24. The van der Waals surface area contributed by atoms with Gasteiger partial charge in [0, 0.05) is 55.1 Å². The van der Waals surface area contributed by atoms with E-state index in [0.29, 0.717) is 18.5 Å².